The van der Waals surface area contributed by atoms with E-state index in [1.54, 1.807) is 0 Å². The summed E-state index contributed by atoms with van der Waals surface area (Å²) in [6, 6.07) is 0. The van der Waals surface area contributed by atoms with Crippen LogP contribution in [0, 0.1) is 0 Å². The largest absolute Gasteiger partial charge is 0.462 e. The molecule has 6 nitrogen and oxygen atoms in total. The van der Waals surface area contributed by atoms with Gasteiger partial charge in [0.2, 0.25) is 0 Å². The Bertz CT molecular complexity index is 1200. The molecule has 0 spiro atoms. The second kappa shape index (κ2) is 66.7. The third kappa shape index (κ3) is 64.9. The molecule has 0 aliphatic rings. The van der Waals surface area contributed by atoms with Crippen molar-refractivity contribution < 1.29 is 28.6 Å². The van der Waals surface area contributed by atoms with Crippen LogP contribution in [0.1, 0.15) is 406 Å². The predicted molar refractivity (Wildman–Crippen MR) is 335 cm³/mol. The van der Waals surface area contributed by atoms with Crippen molar-refractivity contribution >= 4 is 17.9 Å². The van der Waals surface area contributed by atoms with E-state index in [0.29, 0.717) is 19.3 Å². The molecule has 0 radical (unpaired) electrons. The summed E-state index contributed by atoms with van der Waals surface area (Å²) in [5.74, 6) is -0.852. The van der Waals surface area contributed by atoms with Crippen LogP contribution in [-0.2, 0) is 28.6 Å². The lowest BCUT2D eigenvalue weighted by molar-refractivity contribution is -0.167. The van der Waals surface area contributed by atoms with Gasteiger partial charge < -0.3 is 14.2 Å². The van der Waals surface area contributed by atoms with Crippen LogP contribution in [0.3, 0.4) is 0 Å². The Morgan fingerprint density at radius 3 is 0.649 bits per heavy atom. The van der Waals surface area contributed by atoms with Crippen molar-refractivity contribution in [3.05, 3.63) is 12.2 Å². The van der Waals surface area contributed by atoms with Gasteiger partial charge in [-0.15, -0.1) is 0 Å². The van der Waals surface area contributed by atoms with E-state index in [2.05, 4.69) is 32.9 Å². The lowest BCUT2D eigenvalue weighted by Gasteiger charge is -2.18. The fourth-order valence-electron chi connectivity index (χ4n) is 11.0. The molecule has 1 atom stereocenters. The van der Waals surface area contributed by atoms with E-state index in [-0.39, 0.29) is 31.1 Å². The van der Waals surface area contributed by atoms with Gasteiger partial charge in [0, 0.05) is 19.3 Å². The van der Waals surface area contributed by atoms with Crippen molar-refractivity contribution in [2.45, 2.75) is 412 Å². The molecular weight excluding hydrogens is 949 g/mol. The molecule has 0 fully saturated rings. The molecule has 6 heteroatoms. The molecule has 0 N–H and O–H groups in total. The first kappa shape index (κ1) is 75.2. The summed E-state index contributed by atoms with van der Waals surface area (Å²) >= 11 is 0. The second-order valence-electron chi connectivity index (χ2n) is 24.2. The monoisotopic (exact) mass is 1090 g/mol. The molecule has 0 heterocycles. The molecule has 0 aliphatic carbocycles. The van der Waals surface area contributed by atoms with Gasteiger partial charge in [-0.05, 0) is 44.9 Å². The molecule has 77 heavy (non-hydrogen) atoms. The van der Waals surface area contributed by atoms with E-state index in [1.807, 2.05) is 0 Å². The van der Waals surface area contributed by atoms with Gasteiger partial charge in [-0.3, -0.25) is 14.4 Å². The number of allylic oxidation sites excluding steroid dienone is 2. The van der Waals surface area contributed by atoms with Gasteiger partial charge in [0.15, 0.2) is 6.10 Å². The fourth-order valence-corrected chi connectivity index (χ4v) is 11.0. The maximum absolute atomic E-state index is 12.8. The van der Waals surface area contributed by atoms with Gasteiger partial charge in [0.1, 0.15) is 13.2 Å². The van der Waals surface area contributed by atoms with Crippen molar-refractivity contribution in [2.75, 3.05) is 13.2 Å². The van der Waals surface area contributed by atoms with Crippen molar-refractivity contribution in [2.24, 2.45) is 0 Å². The maximum atomic E-state index is 12.8. The number of hydrogen-bond donors (Lipinski definition) is 0. The summed E-state index contributed by atoms with van der Waals surface area (Å²) < 4.78 is 16.8. The van der Waals surface area contributed by atoms with Crippen LogP contribution in [0.25, 0.3) is 0 Å². The standard InChI is InChI=1S/C71H136O6/c1-4-7-10-13-15-17-19-21-23-25-27-29-31-32-33-34-35-36-37-38-40-41-43-45-47-49-51-53-55-58-61-64-70(73)76-67-68(66-75-69(72)63-60-57-12-9-6-3)77-71(74)65-62-59-56-54-52-50-48-46-44-42-39-30-28-26-24-22-20-18-16-14-11-8-5-2/h26,28,68H,4-25,27,29-67H2,1-3H3/b28-26-. The SMILES string of the molecule is CCCCCCCCCC/C=C\CCCCCCCCCCCCCC(=O)OC(COC(=O)CCCCCCC)COC(=O)CCCCCCCCCCCCCCCCCCCCCCCCCCCCCCCCC. The van der Waals surface area contributed by atoms with Crippen LogP contribution in [0.15, 0.2) is 12.2 Å². The number of hydrogen-bond acceptors (Lipinski definition) is 6. The summed E-state index contributed by atoms with van der Waals surface area (Å²) in [5.41, 5.74) is 0. The molecule has 0 bridgehead atoms. The molecule has 0 aromatic heterocycles. The third-order valence-corrected chi connectivity index (χ3v) is 16.3. The molecule has 0 saturated carbocycles. The first-order valence-corrected chi connectivity index (χ1v) is 35.2. The smallest absolute Gasteiger partial charge is 0.306 e. The summed E-state index contributed by atoms with van der Waals surface area (Å²) in [7, 11) is 0. The number of ether oxygens (including phenoxy) is 3. The van der Waals surface area contributed by atoms with Gasteiger partial charge in [-0.2, -0.15) is 0 Å². The highest BCUT2D eigenvalue weighted by Crippen LogP contribution is 2.19. The van der Waals surface area contributed by atoms with E-state index < -0.39 is 6.10 Å². The molecule has 0 aliphatic heterocycles. The average Bonchev–Trinajstić information content (AvgIpc) is 3.43. The topological polar surface area (TPSA) is 78.9 Å². The van der Waals surface area contributed by atoms with Gasteiger partial charge in [0.25, 0.3) is 0 Å². The normalized spacial score (nSPS) is 12.0. The highest BCUT2D eigenvalue weighted by atomic mass is 16.6. The van der Waals surface area contributed by atoms with Gasteiger partial charge >= 0.3 is 17.9 Å². The average molecular weight is 1090 g/mol. The Kier molecular flexibility index (Phi) is 65.1. The van der Waals surface area contributed by atoms with E-state index in [0.717, 1.165) is 64.2 Å². The number of carbonyl (C=O) groups is 3. The molecule has 0 rings (SSSR count). The number of carbonyl (C=O) groups excluding carboxylic acids is 3. The van der Waals surface area contributed by atoms with Gasteiger partial charge in [-0.25, -0.2) is 0 Å². The number of rotatable bonds is 66. The Hall–Kier alpha value is -1.85. The highest BCUT2D eigenvalue weighted by molar-refractivity contribution is 5.71. The lowest BCUT2D eigenvalue weighted by Crippen LogP contribution is -2.30. The molecular formula is C71H136O6. The third-order valence-electron chi connectivity index (χ3n) is 16.3. The summed E-state index contributed by atoms with van der Waals surface area (Å²) in [6.45, 7) is 6.64. The van der Waals surface area contributed by atoms with Crippen LogP contribution in [-0.4, -0.2) is 37.2 Å². The Balaban J connectivity index is 3.89. The first-order chi connectivity index (χ1) is 38.0. The van der Waals surface area contributed by atoms with Crippen LogP contribution >= 0.6 is 0 Å². The molecule has 0 aromatic carbocycles. The lowest BCUT2D eigenvalue weighted by atomic mass is 10.0. The molecule has 0 amide bonds. The van der Waals surface area contributed by atoms with Crippen LogP contribution in [0.5, 0.6) is 0 Å². The zero-order valence-corrected chi connectivity index (χ0v) is 52.5. The predicted octanol–water partition coefficient (Wildman–Crippen LogP) is 24.0. The van der Waals surface area contributed by atoms with Gasteiger partial charge in [-0.1, -0.05) is 354 Å². The first-order valence-electron chi connectivity index (χ1n) is 35.2. The molecule has 1 unspecified atom stereocenters. The molecule has 456 valence electrons. The van der Waals surface area contributed by atoms with E-state index in [4.69, 9.17) is 14.2 Å². The van der Waals surface area contributed by atoms with E-state index in [9.17, 15) is 14.4 Å². The quantitative estimate of drug-likeness (QED) is 0.0261. The zero-order chi connectivity index (χ0) is 55.7. The second-order valence-corrected chi connectivity index (χ2v) is 24.2. The highest BCUT2D eigenvalue weighted by Gasteiger charge is 2.19. The van der Waals surface area contributed by atoms with Crippen LogP contribution in [0.2, 0.25) is 0 Å². The number of esters is 3. The Morgan fingerprint density at radius 2 is 0.429 bits per heavy atom. The van der Waals surface area contributed by atoms with E-state index >= 15 is 0 Å². The summed E-state index contributed by atoms with van der Waals surface area (Å²) in [5, 5.41) is 0. The van der Waals surface area contributed by atoms with Crippen molar-refractivity contribution in [1.82, 2.24) is 0 Å². The Labute approximate surface area is 481 Å². The summed E-state index contributed by atoms with van der Waals surface area (Å²) in [6.07, 6.45) is 80.2. The van der Waals surface area contributed by atoms with E-state index in [1.165, 1.54) is 302 Å². The van der Waals surface area contributed by atoms with Crippen LogP contribution < -0.4 is 0 Å². The zero-order valence-electron chi connectivity index (χ0n) is 52.5. The van der Waals surface area contributed by atoms with Crippen LogP contribution in [0.4, 0.5) is 0 Å². The van der Waals surface area contributed by atoms with Gasteiger partial charge in [0.05, 0.1) is 0 Å². The fraction of sp³-hybridized carbons (Fsp3) is 0.930. The molecule has 0 saturated heterocycles. The summed E-state index contributed by atoms with van der Waals surface area (Å²) in [4.78, 5) is 38.0. The van der Waals surface area contributed by atoms with Crippen molar-refractivity contribution in [3.8, 4) is 0 Å². The van der Waals surface area contributed by atoms with Crippen molar-refractivity contribution in [3.63, 3.8) is 0 Å². The number of unbranched alkanes of at least 4 members (excludes halogenated alkanes) is 53. The Morgan fingerprint density at radius 1 is 0.247 bits per heavy atom. The van der Waals surface area contributed by atoms with Crippen molar-refractivity contribution in [1.29, 1.82) is 0 Å². The molecule has 0 aromatic rings. The minimum atomic E-state index is -0.764. The maximum Gasteiger partial charge on any atom is 0.306 e. The minimum absolute atomic E-state index is 0.0651. The minimum Gasteiger partial charge on any atom is -0.462 e.